The van der Waals surface area contributed by atoms with Crippen LogP contribution in [0.15, 0.2) is 48.5 Å². The van der Waals surface area contributed by atoms with E-state index in [4.69, 9.17) is 0 Å². The van der Waals surface area contributed by atoms with Gasteiger partial charge in [0.1, 0.15) is 5.82 Å². The van der Waals surface area contributed by atoms with Crippen LogP contribution in [-0.4, -0.2) is 19.0 Å². The van der Waals surface area contributed by atoms with E-state index in [1.807, 2.05) is 0 Å². The van der Waals surface area contributed by atoms with E-state index >= 15 is 0 Å². The largest absolute Gasteiger partial charge is 0.465 e. The molecule has 0 saturated carbocycles. The molecule has 0 aromatic heterocycles. The Morgan fingerprint density at radius 3 is 2.41 bits per heavy atom. The van der Waals surface area contributed by atoms with E-state index in [0.29, 0.717) is 17.7 Å². The van der Waals surface area contributed by atoms with E-state index in [1.165, 1.54) is 13.2 Å². The lowest BCUT2D eigenvalue weighted by Gasteiger charge is -2.07. The van der Waals surface area contributed by atoms with E-state index in [2.05, 4.69) is 10.1 Å². The van der Waals surface area contributed by atoms with Gasteiger partial charge in [0.05, 0.1) is 19.1 Å². The summed E-state index contributed by atoms with van der Waals surface area (Å²) in [6, 6.07) is 12.9. The molecule has 0 radical (unpaired) electrons. The molecule has 5 heteroatoms. The highest BCUT2D eigenvalue weighted by atomic mass is 19.1. The number of benzene rings is 2. The fourth-order valence-electron chi connectivity index (χ4n) is 1.95. The van der Waals surface area contributed by atoms with Gasteiger partial charge >= 0.3 is 5.97 Å². The standard InChI is InChI=1S/C17H16FNO3/c1-22-17(21)13-8-6-12(7-9-13)11-19-16(20)10-14-4-2-3-5-15(14)18/h2-9H,10-11H2,1H3,(H,19,20). The molecule has 0 fully saturated rings. The fraction of sp³-hybridized carbons (Fsp3) is 0.176. The van der Waals surface area contributed by atoms with Crippen molar-refractivity contribution >= 4 is 11.9 Å². The molecule has 0 saturated heterocycles. The summed E-state index contributed by atoms with van der Waals surface area (Å²) < 4.78 is 18.1. The first-order valence-corrected chi connectivity index (χ1v) is 6.77. The number of hydrogen-bond donors (Lipinski definition) is 1. The molecule has 0 unspecified atom stereocenters. The zero-order chi connectivity index (χ0) is 15.9. The molecule has 2 aromatic rings. The first-order chi connectivity index (χ1) is 10.6. The molecule has 0 aliphatic heterocycles. The predicted octanol–water partition coefficient (Wildman–Crippen LogP) is 2.47. The molecule has 2 rings (SSSR count). The van der Waals surface area contributed by atoms with E-state index in [0.717, 1.165) is 5.56 Å². The number of halogens is 1. The van der Waals surface area contributed by atoms with Crippen LogP contribution in [0.2, 0.25) is 0 Å². The molecule has 4 nitrogen and oxygen atoms in total. The summed E-state index contributed by atoms with van der Waals surface area (Å²) in [6.45, 7) is 0.314. The van der Waals surface area contributed by atoms with Crippen LogP contribution < -0.4 is 5.32 Å². The second-order valence-corrected chi connectivity index (χ2v) is 4.73. The number of hydrogen-bond acceptors (Lipinski definition) is 3. The van der Waals surface area contributed by atoms with Crippen LogP contribution in [0.5, 0.6) is 0 Å². The van der Waals surface area contributed by atoms with Crippen molar-refractivity contribution in [3.8, 4) is 0 Å². The van der Waals surface area contributed by atoms with Gasteiger partial charge in [0.15, 0.2) is 0 Å². The van der Waals surface area contributed by atoms with E-state index in [9.17, 15) is 14.0 Å². The molecular formula is C17H16FNO3. The van der Waals surface area contributed by atoms with Gasteiger partial charge in [-0.3, -0.25) is 4.79 Å². The van der Waals surface area contributed by atoms with Gasteiger partial charge in [-0.1, -0.05) is 30.3 Å². The highest BCUT2D eigenvalue weighted by Crippen LogP contribution is 2.08. The topological polar surface area (TPSA) is 55.4 Å². The molecule has 0 atom stereocenters. The van der Waals surface area contributed by atoms with Gasteiger partial charge in [-0.2, -0.15) is 0 Å². The minimum absolute atomic E-state index is 0.00703. The van der Waals surface area contributed by atoms with Crippen LogP contribution in [0.3, 0.4) is 0 Å². The third kappa shape index (κ3) is 4.15. The van der Waals surface area contributed by atoms with Crippen molar-refractivity contribution in [2.45, 2.75) is 13.0 Å². The minimum Gasteiger partial charge on any atom is -0.465 e. The number of ether oxygens (including phenoxy) is 1. The van der Waals surface area contributed by atoms with Crippen LogP contribution in [-0.2, 0) is 22.5 Å². The van der Waals surface area contributed by atoms with Gasteiger partial charge in [-0.15, -0.1) is 0 Å². The van der Waals surface area contributed by atoms with E-state index in [1.54, 1.807) is 42.5 Å². The quantitative estimate of drug-likeness (QED) is 0.863. The molecule has 0 aliphatic carbocycles. The lowest BCUT2D eigenvalue weighted by atomic mass is 10.1. The minimum atomic E-state index is -0.407. The van der Waals surface area contributed by atoms with Gasteiger partial charge in [0.25, 0.3) is 0 Å². The van der Waals surface area contributed by atoms with Gasteiger partial charge in [0, 0.05) is 6.54 Å². The number of methoxy groups -OCH3 is 1. The van der Waals surface area contributed by atoms with Crippen molar-refractivity contribution in [2.24, 2.45) is 0 Å². The summed E-state index contributed by atoms with van der Waals surface area (Å²) in [5, 5.41) is 2.72. The molecule has 22 heavy (non-hydrogen) atoms. The lowest BCUT2D eigenvalue weighted by Crippen LogP contribution is -2.24. The number of amides is 1. The molecule has 2 aromatic carbocycles. The molecule has 1 N–H and O–H groups in total. The highest BCUT2D eigenvalue weighted by molar-refractivity contribution is 5.89. The van der Waals surface area contributed by atoms with Crippen molar-refractivity contribution in [3.05, 3.63) is 71.0 Å². The number of nitrogens with one attached hydrogen (secondary N) is 1. The van der Waals surface area contributed by atoms with Gasteiger partial charge in [-0.05, 0) is 29.3 Å². The number of carbonyl (C=O) groups excluding carboxylic acids is 2. The Morgan fingerprint density at radius 2 is 1.77 bits per heavy atom. The maximum Gasteiger partial charge on any atom is 0.337 e. The summed E-state index contributed by atoms with van der Waals surface area (Å²) in [6.07, 6.45) is -0.00703. The van der Waals surface area contributed by atoms with E-state index < -0.39 is 5.97 Å². The number of esters is 1. The first kappa shape index (κ1) is 15.7. The third-order valence-corrected chi connectivity index (χ3v) is 3.17. The van der Waals surface area contributed by atoms with Crippen molar-refractivity contribution in [1.82, 2.24) is 5.32 Å². The molecule has 114 valence electrons. The number of carbonyl (C=O) groups is 2. The van der Waals surface area contributed by atoms with Gasteiger partial charge in [-0.25, -0.2) is 9.18 Å². The zero-order valence-corrected chi connectivity index (χ0v) is 12.1. The lowest BCUT2D eigenvalue weighted by molar-refractivity contribution is -0.120. The van der Waals surface area contributed by atoms with E-state index in [-0.39, 0.29) is 18.1 Å². The summed E-state index contributed by atoms with van der Waals surface area (Å²) in [4.78, 5) is 23.1. The molecule has 0 spiro atoms. The zero-order valence-electron chi connectivity index (χ0n) is 12.1. The summed E-state index contributed by atoms with van der Waals surface area (Å²) in [7, 11) is 1.32. The Hall–Kier alpha value is -2.69. The maximum atomic E-state index is 13.4. The summed E-state index contributed by atoms with van der Waals surface area (Å²) >= 11 is 0. The predicted molar refractivity (Wildman–Crippen MR) is 79.7 cm³/mol. The second-order valence-electron chi connectivity index (χ2n) is 4.73. The Morgan fingerprint density at radius 1 is 1.09 bits per heavy atom. The molecule has 1 amide bonds. The van der Waals surface area contributed by atoms with Crippen LogP contribution >= 0.6 is 0 Å². The second kappa shape index (κ2) is 7.36. The average Bonchev–Trinajstić information content (AvgIpc) is 2.55. The van der Waals surface area contributed by atoms with Crippen molar-refractivity contribution in [3.63, 3.8) is 0 Å². The Labute approximate surface area is 127 Å². The Bertz CT molecular complexity index is 668. The fourth-order valence-corrected chi connectivity index (χ4v) is 1.95. The number of rotatable bonds is 5. The normalized spacial score (nSPS) is 10.1. The monoisotopic (exact) mass is 301 g/mol. The maximum absolute atomic E-state index is 13.4. The SMILES string of the molecule is COC(=O)c1ccc(CNC(=O)Cc2ccccc2F)cc1. The van der Waals surface area contributed by atoms with Crippen molar-refractivity contribution < 1.29 is 18.7 Å². The van der Waals surface area contributed by atoms with Crippen LogP contribution in [0.25, 0.3) is 0 Å². The molecule has 0 bridgehead atoms. The molecule has 0 heterocycles. The summed E-state index contributed by atoms with van der Waals surface area (Å²) in [5.41, 5.74) is 1.65. The molecular weight excluding hydrogens is 285 g/mol. The first-order valence-electron chi connectivity index (χ1n) is 6.77. The average molecular weight is 301 g/mol. The smallest absolute Gasteiger partial charge is 0.337 e. The van der Waals surface area contributed by atoms with Crippen molar-refractivity contribution in [2.75, 3.05) is 7.11 Å². The van der Waals surface area contributed by atoms with Gasteiger partial charge < -0.3 is 10.1 Å². The van der Waals surface area contributed by atoms with Crippen LogP contribution in [0, 0.1) is 5.82 Å². The molecule has 0 aliphatic rings. The van der Waals surface area contributed by atoms with Crippen LogP contribution in [0.4, 0.5) is 4.39 Å². The highest BCUT2D eigenvalue weighted by Gasteiger charge is 2.08. The third-order valence-electron chi connectivity index (χ3n) is 3.17. The van der Waals surface area contributed by atoms with Gasteiger partial charge in [0.2, 0.25) is 5.91 Å². The van der Waals surface area contributed by atoms with Crippen LogP contribution in [0.1, 0.15) is 21.5 Å². The Balaban J connectivity index is 1.89. The Kier molecular flexibility index (Phi) is 5.25. The summed E-state index contributed by atoms with van der Waals surface area (Å²) in [5.74, 6) is -1.06. The van der Waals surface area contributed by atoms with Crippen molar-refractivity contribution in [1.29, 1.82) is 0 Å².